The Morgan fingerprint density at radius 2 is 0.635 bits per heavy atom. The van der Waals surface area contributed by atoms with E-state index in [9.17, 15) is 0 Å². The average Bonchev–Trinajstić information content (AvgIpc) is 3.37. The van der Waals surface area contributed by atoms with Crippen LogP contribution in [0.15, 0.2) is 249 Å². The fraction of sp³-hybridized carbons (Fsp3) is 0. The second-order valence-corrected chi connectivity index (χ2v) is 16.5. The largest absolute Gasteiger partial charge is 0.376 e. The van der Waals surface area contributed by atoms with Crippen LogP contribution in [-0.4, -0.2) is 6.85 Å². The zero-order chi connectivity index (χ0) is 41.7. The van der Waals surface area contributed by atoms with Crippen LogP contribution in [0.4, 0.5) is 28.4 Å². The Kier molecular flexibility index (Phi) is 8.97. The third-order valence-electron chi connectivity index (χ3n) is 12.8. The van der Waals surface area contributed by atoms with Gasteiger partial charge in [0.15, 0.2) is 0 Å². The molecule has 0 N–H and O–H groups in total. The first-order chi connectivity index (χ1) is 31.2. The molecule has 0 atom stereocenters. The van der Waals surface area contributed by atoms with Gasteiger partial charge in [-0.05, 0) is 127 Å². The Bertz CT molecular complexity index is 3240. The fourth-order valence-electron chi connectivity index (χ4n) is 9.83. The number of rotatable bonds is 7. The number of hydrogen-bond acceptors (Lipinski definition) is 2. The first-order valence-corrected chi connectivity index (χ1v) is 21.8. The Hall–Kier alpha value is -8.14. The molecular weight excluding hydrogens is 759 g/mol. The van der Waals surface area contributed by atoms with Crippen LogP contribution < -0.4 is 20.6 Å². The summed E-state index contributed by atoms with van der Waals surface area (Å²) in [4.78, 5) is 5.12. The molecule has 0 saturated carbocycles. The molecule has 63 heavy (non-hydrogen) atoms. The van der Waals surface area contributed by atoms with Gasteiger partial charge in [0.2, 0.25) is 0 Å². The second kappa shape index (κ2) is 15.4. The summed E-state index contributed by atoms with van der Waals surface area (Å²) >= 11 is 0. The molecular formula is C60H41BN2. The van der Waals surface area contributed by atoms with Crippen LogP contribution in [-0.2, 0) is 0 Å². The lowest BCUT2D eigenvalue weighted by Gasteiger charge is -2.46. The Morgan fingerprint density at radius 3 is 1.14 bits per heavy atom. The van der Waals surface area contributed by atoms with Gasteiger partial charge < -0.3 is 9.71 Å². The lowest BCUT2D eigenvalue weighted by Crippen LogP contribution is -2.61. The highest BCUT2D eigenvalue weighted by atomic mass is 15.2. The first kappa shape index (κ1) is 36.7. The van der Waals surface area contributed by atoms with Gasteiger partial charge in [-0.2, -0.15) is 0 Å². The molecule has 0 saturated heterocycles. The number of hydrogen-bond donors (Lipinski definition) is 0. The standard InChI is InChI=1S/C60H41BN2/c1-6-16-42(17-7-1)47-26-32-52(33-27-47)62-58-37-31-50(45-22-12-4-13-23-45)40-56(58)61-60-55(39-51(41-59(60)62)46-24-14-5-15-25-46)54-38-49(44-20-10-3-11-21-44)30-36-57(54)63(61)53-34-28-48(29-35-53)43-18-8-2-9-19-43/h1-41H. The highest BCUT2D eigenvalue weighted by molar-refractivity contribution is 6.93. The molecule has 0 bridgehead atoms. The van der Waals surface area contributed by atoms with Crippen molar-refractivity contribution in [3.05, 3.63) is 249 Å². The summed E-state index contributed by atoms with van der Waals surface area (Å²) in [6, 6.07) is 91.2. The molecule has 10 aromatic carbocycles. The molecule has 0 amide bonds. The molecule has 12 rings (SSSR count). The van der Waals surface area contributed by atoms with Crippen LogP contribution in [0.3, 0.4) is 0 Å². The summed E-state index contributed by atoms with van der Waals surface area (Å²) in [5.41, 5.74) is 22.8. The van der Waals surface area contributed by atoms with E-state index in [0.29, 0.717) is 0 Å². The third kappa shape index (κ3) is 6.45. The van der Waals surface area contributed by atoms with Gasteiger partial charge >= 0.3 is 6.85 Å². The van der Waals surface area contributed by atoms with E-state index >= 15 is 0 Å². The lowest BCUT2D eigenvalue weighted by atomic mass is 9.43. The third-order valence-corrected chi connectivity index (χ3v) is 12.8. The van der Waals surface area contributed by atoms with Crippen molar-refractivity contribution in [3.8, 4) is 66.8 Å². The summed E-state index contributed by atoms with van der Waals surface area (Å²) in [6.07, 6.45) is 0. The molecule has 0 unspecified atom stereocenters. The van der Waals surface area contributed by atoms with Crippen LogP contribution in [0.1, 0.15) is 0 Å². The maximum Gasteiger partial charge on any atom is 0.333 e. The highest BCUT2D eigenvalue weighted by Crippen LogP contribution is 2.49. The molecule has 2 heterocycles. The van der Waals surface area contributed by atoms with Crippen molar-refractivity contribution in [2.75, 3.05) is 9.71 Å². The predicted octanol–water partition coefficient (Wildman–Crippen LogP) is 14.7. The van der Waals surface area contributed by atoms with Gasteiger partial charge in [0.25, 0.3) is 0 Å². The van der Waals surface area contributed by atoms with Crippen LogP contribution in [0.5, 0.6) is 0 Å². The summed E-state index contributed by atoms with van der Waals surface area (Å²) < 4.78 is 0. The van der Waals surface area contributed by atoms with E-state index in [4.69, 9.17) is 0 Å². The first-order valence-electron chi connectivity index (χ1n) is 21.8. The van der Waals surface area contributed by atoms with E-state index in [1.165, 1.54) is 94.7 Å². The molecule has 10 aromatic rings. The minimum Gasteiger partial charge on any atom is -0.376 e. The molecule has 2 nitrogen and oxygen atoms in total. The molecule has 0 spiro atoms. The summed E-state index contributed by atoms with van der Waals surface area (Å²) in [5.74, 6) is 0. The zero-order valence-electron chi connectivity index (χ0n) is 34.6. The lowest BCUT2D eigenvalue weighted by molar-refractivity contribution is 1.27. The maximum atomic E-state index is 2.61. The Labute approximate surface area is 369 Å². The molecule has 2 aliphatic rings. The van der Waals surface area contributed by atoms with Crippen molar-refractivity contribution in [1.82, 2.24) is 0 Å². The van der Waals surface area contributed by atoms with Crippen LogP contribution in [0.25, 0.3) is 66.8 Å². The Balaban J connectivity index is 1.15. The van der Waals surface area contributed by atoms with Gasteiger partial charge in [-0.15, -0.1) is 0 Å². The van der Waals surface area contributed by atoms with Crippen molar-refractivity contribution in [3.63, 3.8) is 0 Å². The molecule has 294 valence electrons. The van der Waals surface area contributed by atoms with Crippen LogP contribution in [0.2, 0.25) is 0 Å². The quantitative estimate of drug-likeness (QED) is 0.148. The predicted molar refractivity (Wildman–Crippen MR) is 267 cm³/mol. The molecule has 0 aromatic heterocycles. The number of nitrogens with zero attached hydrogens (tertiary/aromatic N) is 2. The average molecular weight is 801 g/mol. The summed E-state index contributed by atoms with van der Waals surface area (Å²) in [6.45, 7) is -0.129. The minimum absolute atomic E-state index is 0.129. The number of fused-ring (bicyclic) bond motifs is 4. The summed E-state index contributed by atoms with van der Waals surface area (Å²) in [7, 11) is 0. The summed E-state index contributed by atoms with van der Waals surface area (Å²) in [5, 5.41) is 0. The molecule has 0 fully saturated rings. The topological polar surface area (TPSA) is 6.48 Å². The molecule has 0 aliphatic carbocycles. The normalized spacial score (nSPS) is 12.3. The molecule has 2 aliphatic heterocycles. The minimum atomic E-state index is -0.129. The van der Waals surface area contributed by atoms with E-state index in [1.807, 2.05) is 0 Å². The number of benzene rings is 10. The SMILES string of the molecule is c1ccc(-c2ccc(N3B4c5cc(-c6ccccc6)ccc5N(c5ccc(-c6ccccc6)cc5)c5cc(-c6ccccc6)cc(c54)-c4cc(-c5ccccc5)ccc43)cc2)cc1. The molecule has 0 radical (unpaired) electrons. The van der Waals surface area contributed by atoms with Gasteiger partial charge in [0, 0.05) is 34.0 Å². The molecule has 3 heteroatoms. The number of anilines is 5. The van der Waals surface area contributed by atoms with Crippen molar-refractivity contribution in [2.45, 2.75) is 0 Å². The van der Waals surface area contributed by atoms with Gasteiger partial charge in [0.1, 0.15) is 0 Å². The maximum absolute atomic E-state index is 2.61. The van der Waals surface area contributed by atoms with Gasteiger partial charge in [-0.3, -0.25) is 0 Å². The fourth-order valence-corrected chi connectivity index (χ4v) is 9.83. The van der Waals surface area contributed by atoms with Crippen molar-refractivity contribution in [2.24, 2.45) is 0 Å². The van der Waals surface area contributed by atoms with E-state index in [2.05, 4.69) is 258 Å². The van der Waals surface area contributed by atoms with Crippen LogP contribution in [0, 0.1) is 0 Å². The second-order valence-electron chi connectivity index (χ2n) is 16.5. The van der Waals surface area contributed by atoms with Gasteiger partial charge in [-0.1, -0.05) is 194 Å². The van der Waals surface area contributed by atoms with E-state index in [-0.39, 0.29) is 6.85 Å². The van der Waals surface area contributed by atoms with Crippen molar-refractivity contribution in [1.29, 1.82) is 0 Å². The smallest absolute Gasteiger partial charge is 0.333 e. The van der Waals surface area contributed by atoms with E-state index < -0.39 is 0 Å². The van der Waals surface area contributed by atoms with E-state index in [0.717, 1.165) is 11.4 Å². The van der Waals surface area contributed by atoms with E-state index in [1.54, 1.807) is 0 Å². The van der Waals surface area contributed by atoms with Gasteiger partial charge in [0.05, 0.1) is 0 Å². The van der Waals surface area contributed by atoms with Crippen molar-refractivity contribution >= 4 is 46.2 Å². The monoisotopic (exact) mass is 800 g/mol. The Morgan fingerprint density at radius 1 is 0.254 bits per heavy atom. The zero-order valence-corrected chi connectivity index (χ0v) is 34.6. The van der Waals surface area contributed by atoms with Crippen molar-refractivity contribution < 1.29 is 0 Å². The van der Waals surface area contributed by atoms with Crippen LogP contribution >= 0.6 is 0 Å². The van der Waals surface area contributed by atoms with Gasteiger partial charge in [-0.25, -0.2) is 0 Å². The highest BCUT2D eigenvalue weighted by Gasteiger charge is 2.45.